The molecule has 24 nitrogen and oxygen atoms in total. The van der Waals surface area contributed by atoms with Gasteiger partial charge in [0, 0.05) is 107 Å². The van der Waals surface area contributed by atoms with Crippen LogP contribution < -0.4 is 15.2 Å². The third-order valence-electron chi connectivity index (χ3n) is 16.2. The summed E-state index contributed by atoms with van der Waals surface area (Å²) >= 11 is 7.33. The number of phenols is 4. The average molecular weight is 1240 g/mol. The van der Waals surface area contributed by atoms with E-state index in [1.165, 1.54) is 57.5 Å². The number of aliphatic hydroxyl groups excluding tert-OH is 4. The number of nitrogens with two attached hydrogens (primary N) is 1. The van der Waals surface area contributed by atoms with E-state index in [9.17, 15) is 84.6 Å². The second-order valence-corrected chi connectivity index (χ2v) is 21.3. The van der Waals surface area contributed by atoms with Gasteiger partial charge in [0.25, 0.3) is 0 Å². The van der Waals surface area contributed by atoms with Crippen molar-refractivity contribution in [2.45, 2.75) is 140 Å². The number of Topliss-reactive ketones (excluding diaryl/α,β-unsaturated/α-hetero) is 3. The molecular formula is C58H66ClNO23S2. The third kappa shape index (κ3) is 11.9. The zero-order valence-corrected chi connectivity index (χ0v) is 48.1. The first-order valence-electron chi connectivity index (χ1n) is 26.1. The summed E-state index contributed by atoms with van der Waals surface area (Å²) in [6, 6.07) is 7.98. The lowest BCUT2D eigenvalue weighted by Crippen LogP contribution is -2.53. The number of phenolic OH excluding ortho intramolecular Hbond substituents is 4. The Morgan fingerprint density at radius 2 is 1.00 bits per heavy atom. The Bertz CT molecular complexity index is 3350. The summed E-state index contributed by atoms with van der Waals surface area (Å²) in [4.78, 5) is 91.6. The largest absolute Gasteiger partial charge is 0.507 e. The number of methoxy groups -OCH3 is 2. The topological polar surface area (TPSA) is 403 Å². The van der Waals surface area contributed by atoms with E-state index in [1.54, 1.807) is 13.8 Å². The summed E-state index contributed by atoms with van der Waals surface area (Å²) in [6.07, 6.45) is -10.3. The van der Waals surface area contributed by atoms with Gasteiger partial charge in [-0.25, -0.2) is 0 Å². The summed E-state index contributed by atoms with van der Waals surface area (Å²) in [5.74, 6) is -8.34. The number of carbonyl (C=O) groups is 7. The fraction of sp³-hybridized carbons (Fsp3) is 0.466. The van der Waals surface area contributed by atoms with Crippen LogP contribution in [0.15, 0.2) is 36.4 Å². The predicted molar refractivity (Wildman–Crippen MR) is 303 cm³/mol. The van der Waals surface area contributed by atoms with Crippen molar-refractivity contribution in [1.29, 1.82) is 0 Å². The lowest BCUT2D eigenvalue weighted by atomic mass is 9.72. The monoisotopic (exact) mass is 1240 g/mol. The zero-order valence-electron chi connectivity index (χ0n) is 45.7. The molecule has 2 heterocycles. The smallest absolute Gasteiger partial charge is 0.202 e. The van der Waals surface area contributed by atoms with Crippen LogP contribution in [0.2, 0.25) is 0 Å². The molecule has 2 saturated heterocycles. The van der Waals surface area contributed by atoms with E-state index in [-0.39, 0.29) is 101 Å². The Balaban J connectivity index is 0.000000259. The van der Waals surface area contributed by atoms with Gasteiger partial charge < -0.3 is 90.0 Å². The molecule has 0 radical (unpaired) electrons. The van der Waals surface area contributed by atoms with Gasteiger partial charge in [-0.1, -0.05) is 31.7 Å². The van der Waals surface area contributed by atoms with Crippen LogP contribution >= 0.6 is 12.4 Å². The average Bonchev–Trinajstić information content (AvgIpc) is 1.91. The normalized spacial score (nSPS) is 27.8. The van der Waals surface area contributed by atoms with E-state index in [1.807, 2.05) is 0 Å². The molecule has 27 heteroatoms. The highest BCUT2D eigenvalue weighted by Crippen LogP contribution is 2.55. The summed E-state index contributed by atoms with van der Waals surface area (Å²) in [5, 5.41) is 108. The summed E-state index contributed by atoms with van der Waals surface area (Å²) in [5.41, 5.74) is -1.38. The summed E-state index contributed by atoms with van der Waals surface area (Å²) in [6.45, 7) is 2.49. The molecule has 0 amide bonds. The van der Waals surface area contributed by atoms with Gasteiger partial charge in [0.1, 0.15) is 64.7 Å². The van der Waals surface area contributed by atoms with Crippen molar-refractivity contribution in [1.82, 2.24) is 0 Å². The SMILES string of the molecule is C.COc1cccc2c1C(=O)c1c(O)c3c(c(O)c1C2=O)C[C@@](O)(C(=O)CO)C[C@@H]3O[C@H]1C[C@@H](CC(C)=O)[C@H](O)[C@H](C)O1.COc1cccc2c1C(=O)c1c(O)c3c(c(O)c1C2=O)C[C@@](O)(C(=O)CO)C[C@@H]3O[C@H]1C[C@@H](N)[C@H](O)[C@H](C)O1.Cl.S=S. The molecule has 4 aromatic rings. The Labute approximate surface area is 502 Å². The lowest BCUT2D eigenvalue weighted by molar-refractivity contribution is -0.257. The maximum absolute atomic E-state index is 13.7. The number of hydrogen-bond donors (Lipinski definition) is 11. The van der Waals surface area contributed by atoms with Gasteiger partial charge >= 0.3 is 0 Å². The molecule has 12 atom stereocenters. The van der Waals surface area contributed by atoms with E-state index in [0.29, 0.717) is 0 Å². The fourth-order valence-electron chi connectivity index (χ4n) is 12.1. The van der Waals surface area contributed by atoms with Gasteiger partial charge in [0.2, 0.25) is 11.6 Å². The van der Waals surface area contributed by atoms with E-state index >= 15 is 0 Å². The van der Waals surface area contributed by atoms with Crippen LogP contribution in [0.5, 0.6) is 34.5 Å². The number of fused-ring (bicyclic) bond motifs is 6. The standard InChI is InChI=1S/C30H32O12.C27H29NO11.CH4.ClH.S2/c1-12(32)7-14-8-20(41-13(2)25(14)34)42-18-10-30(39,19(33)11-31)9-16-22(18)29(38)24-23(27(16)36)26(35)15-5-4-6-17(40-3)21(15)28(24)37;1-10-22(31)13(28)6-17(38-10)39-15-8-27(36,16(30)9-29)7-12-19(15)26(35)21-20(24(12)33)23(32)11-4-3-5-14(37-2)18(11)25(21)34;;;1-2/h4-6,13-14,18,20,25,31,34,36,38-39H,7-11H2,1-3H3;3-5,10,13,15,17,22,29,31,33,35-36H,6-9,28H2,1-2H3;1H4;1H;/t13-,14+,18-,20-,25+,30-;10-,13+,15-,17-,22+,27-;;;/m00.../s1. The van der Waals surface area contributed by atoms with E-state index < -0.39 is 191 Å². The molecule has 85 heavy (non-hydrogen) atoms. The molecule has 0 aromatic heterocycles. The Morgan fingerprint density at radius 1 is 0.624 bits per heavy atom. The molecule has 12 N–H and O–H groups in total. The number of benzene rings is 4. The second kappa shape index (κ2) is 26.3. The van der Waals surface area contributed by atoms with Crippen LogP contribution in [0.1, 0.15) is 158 Å². The zero-order chi connectivity index (χ0) is 61.1. The van der Waals surface area contributed by atoms with E-state index in [0.717, 1.165) is 0 Å². The van der Waals surface area contributed by atoms with E-state index in [4.69, 9.17) is 34.2 Å². The quantitative estimate of drug-likeness (QED) is 0.0783. The summed E-state index contributed by atoms with van der Waals surface area (Å²) < 4.78 is 34.2. The lowest BCUT2D eigenvalue weighted by Gasteiger charge is -2.42. The number of halogens is 1. The minimum atomic E-state index is -2.27. The highest BCUT2D eigenvalue weighted by molar-refractivity contribution is 8.07. The predicted octanol–water partition coefficient (Wildman–Crippen LogP) is 2.32. The molecule has 4 aromatic carbocycles. The summed E-state index contributed by atoms with van der Waals surface area (Å²) in [7, 11) is 2.64. The third-order valence-corrected chi connectivity index (χ3v) is 16.2. The second-order valence-electron chi connectivity index (χ2n) is 21.3. The van der Waals surface area contributed by atoms with Crippen molar-refractivity contribution in [3.8, 4) is 34.5 Å². The minimum Gasteiger partial charge on any atom is -0.507 e. The van der Waals surface area contributed by atoms with Crippen molar-refractivity contribution in [2.24, 2.45) is 11.7 Å². The maximum atomic E-state index is 13.7. The minimum absolute atomic E-state index is 0. The molecule has 0 saturated carbocycles. The molecule has 2 aliphatic heterocycles. The maximum Gasteiger partial charge on any atom is 0.202 e. The van der Waals surface area contributed by atoms with Gasteiger partial charge in [-0.05, 0) is 38.8 Å². The molecule has 0 bridgehead atoms. The molecule has 4 aliphatic carbocycles. The van der Waals surface area contributed by atoms with Crippen LogP contribution in [0.25, 0.3) is 0 Å². The molecule has 2 fully saturated rings. The van der Waals surface area contributed by atoms with Crippen molar-refractivity contribution in [2.75, 3.05) is 27.4 Å². The first-order valence-corrected chi connectivity index (χ1v) is 27.5. The number of carbonyl (C=O) groups excluding carboxylic acids is 7. The molecule has 10 rings (SSSR count). The molecule has 0 unspecified atom stereocenters. The van der Waals surface area contributed by atoms with Crippen molar-refractivity contribution in [3.63, 3.8) is 0 Å². The fourth-order valence-corrected chi connectivity index (χ4v) is 12.1. The van der Waals surface area contributed by atoms with Gasteiger partial charge in [-0.2, -0.15) is 0 Å². The van der Waals surface area contributed by atoms with E-state index in [2.05, 4.69) is 22.4 Å². The van der Waals surface area contributed by atoms with Gasteiger partial charge in [0.05, 0.1) is 84.2 Å². The Morgan fingerprint density at radius 3 is 1.36 bits per heavy atom. The molecule has 0 spiro atoms. The Kier molecular flexibility index (Phi) is 21.0. The number of ether oxygens (including phenoxy) is 6. The van der Waals surface area contributed by atoms with Crippen LogP contribution in [0.4, 0.5) is 0 Å². The molecule has 460 valence electrons. The van der Waals surface area contributed by atoms with Crippen molar-refractivity contribution >= 4 is 75.3 Å². The van der Waals surface area contributed by atoms with Gasteiger partial charge in [-0.3, -0.25) is 28.8 Å². The number of ketones is 7. The number of rotatable bonds is 12. The van der Waals surface area contributed by atoms with Gasteiger partial charge in [0.15, 0.2) is 35.7 Å². The van der Waals surface area contributed by atoms with Crippen molar-refractivity contribution in [3.05, 3.63) is 103 Å². The van der Waals surface area contributed by atoms with Crippen LogP contribution in [-0.4, -0.2) is 173 Å². The molecule has 6 aliphatic rings. The Hall–Kier alpha value is -6.34. The molecular weight excluding hydrogens is 1180 g/mol. The first-order chi connectivity index (χ1) is 39.2. The van der Waals surface area contributed by atoms with Crippen LogP contribution in [0.3, 0.4) is 0 Å². The number of aliphatic hydroxyl groups is 6. The highest BCUT2D eigenvalue weighted by atomic mass is 35.5. The van der Waals surface area contributed by atoms with Crippen molar-refractivity contribution < 1.29 is 113 Å². The van der Waals surface area contributed by atoms with Gasteiger partial charge in [-0.15, -0.1) is 12.4 Å². The highest BCUT2D eigenvalue weighted by Gasteiger charge is 2.53. The number of aromatic hydroxyl groups is 4. The van der Waals surface area contributed by atoms with Crippen LogP contribution in [0, 0.1) is 5.92 Å². The first kappa shape index (κ1) is 67.8. The van der Waals surface area contributed by atoms with Crippen LogP contribution in [-0.2, 0) is 68.5 Å². The number of hydrogen-bond acceptors (Lipinski definition) is 26.